The van der Waals surface area contributed by atoms with Crippen LogP contribution < -0.4 is 0 Å². The van der Waals surface area contributed by atoms with Gasteiger partial charge in [-0.1, -0.05) is 107 Å². The van der Waals surface area contributed by atoms with E-state index in [1.807, 2.05) is 50.3 Å². The minimum atomic E-state index is 1.10. The van der Waals surface area contributed by atoms with Gasteiger partial charge in [-0.05, 0) is 50.3 Å². The lowest BCUT2D eigenvalue weighted by molar-refractivity contribution is 0.797. The number of hydrogen-bond acceptors (Lipinski definition) is 0. The summed E-state index contributed by atoms with van der Waals surface area (Å²) in [6.07, 6.45) is 13.7. The molecule has 0 fully saturated rings. The molecular weight excluding hydrogens is 300 g/mol. The molecule has 1 aromatic carbocycles. The molecule has 0 aliphatic rings. The molecule has 138 valence electrons. The van der Waals surface area contributed by atoms with Crippen molar-refractivity contribution in [1.29, 1.82) is 0 Å². The first-order valence-corrected chi connectivity index (χ1v) is 9.39. The van der Waals surface area contributed by atoms with Gasteiger partial charge in [0.2, 0.25) is 0 Å². The van der Waals surface area contributed by atoms with Crippen LogP contribution in [0.4, 0.5) is 0 Å². The number of rotatable bonds is 7. The van der Waals surface area contributed by atoms with Crippen LogP contribution in [0.5, 0.6) is 0 Å². The van der Waals surface area contributed by atoms with Crippen LogP contribution in [0.3, 0.4) is 0 Å². The lowest BCUT2D eigenvalue weighted by atomic mass is 10.0. The van der Waals surface area contributed by atoms with Crippen LogP contribution in [0.25, 0.3) is 0 Å². The van der Waals surface area contributed by atoms with E-state index >= 15 is 0 Å². The summed E-state index contributed by atoms with van der Waals surface area (Å²) in [5.74, 6) is 0. The van der Waals surface area contributed by atoms with Gasteiger partial charge in [-0.3, -0.25) is 0 Å². The second-order valence-electron chi connectivity index (χ2n) is 5.51. The summed E-state index contributed by atoms with van der Waals surface area (Å²) >= 11 is 0. The van der Waals surface area contributed by atoms with Crippen molar-refractivity contribution in [2.24, 2.45) is 0 Å². The third-order valence-corrected chi connectivity index (χ3v) is 3.55. The molecule has 0 atom stereocenters. The van der Waals surface area contributed by atoms with Crippen LogP contribution in [0, 0.1) is 6.92 Å². The first-order chi connectivity index (χ1) is 12.1. The van der Waals surface area contributed by atoms with E-state index < -0.39 is 0 Å². The Morgan fingerprint density at radius 2 is 1.68 bits per heavy atom. The lowest BCUT2D eigenvalue weighted by Gasteiger charge is -2.05. The van der Waals surface area contributed by atoms with Gasteiger partial charge in [-0.2, -0.15) is 0 Å². The van der Waals surface area contributed by atoms with E-state index in [9.17, 15) is 0 Å². The van der Waals surface area contributed by atoms with Crippen LogP contribution >= 0.6 is 0 Å². The summed E-state index contributed by atoms with van der Waals surface area (Å²) in [5.41, 5.74) is 5.12. The quantitative estimate of drug-likeness (QED) is 0.438. The second kappa shape index (κ2) is 18.3. The highest BCUT2D eigenvalue weighted by atomic mass is 14.0. The zero-order valence-corrected chi connectivity index (χ0v) is 17.3. The third kappa shape index (κ3) is 14.0. The molecule has 25 heavy (non-hydrogen) atoms. The van der Waals surface area contributed by atoms with Gasteiger partial charge in [0.15, 0.2) is 0 Å². The number of allylic oxidation sites excluding steroid dienone is 8. The molecule has 0 amide bonds. The summed E-state index contributed by atoms with van der Waals surface area (Å²) < 4.78 is 0. The fraction of sp³-hybridized carbons (Fsp3) is 0.360. The molecule has 0 heteroatoms. The van der Waals surface area contributed by atoms with Crippen molar-refractivity contribution in [2.75, 3.05) is 0 Å². The Morgan fingerprint density at radius 1 is 1.08 bits per heavy atom. The maximum Gasteiger partial charge on any atom is -0.0228 e. The molecule has 0 N–H and O–H groups in total. The molecule has 0 nitrogen and oxygen atoms in total. The van der Waals surface area contributed by atoms with Crippen LogP contribution in [-0.2, 0) is 0 Å². The van der Waals surface area contributed by atoms with Crippen LogP contribution in [0.1, 0.15) is 59.4 Å². The first-order valence-electron chi connectivity index (χ1n) is 9.39. The normalized spacial score (nSPS) is 11.5. The molecule has 1 rings (SSSR count). The number of aryl methyl sites for hydroxylation is 1. The van der Waals surface area contributed by atoms with Gasteiger partial charge >= 0.3 is 0 Å². The number of benzene rings is 1. The van der Waals surface area contributed by atoms with Crippen LogP contribution in [0.15, 0.2) is 90.6 Å². The summed E-state index contributed by atoms with van der Waals surface area (Å²) in [4.78, 5) is 0. The fourth-order valence-corrected chi connectivity index (χ4v) is 1.94. The predicted octanol–water partition coefficient (Wildman–Crippen LogP) is 8.39. The molecule has 0 radical (unpaired) electrons. The van der Waals surface area contributed by atoms with E-state index in [1.165, 1.54) is 35.1 Å². The monoisotopic (exact) mass is 338 g/mol. The molecule has 0 aromatic heterocycles. The van der Waals surface area contributed by atoms with E-state index in [4.69, 9.17) is 0 Å². The van der Waals surface area contributed by atoms with E-state index in [-0.39, 0.29) is 0 Å². The minimum Gasteiger partial charge on any atom is -0.0990 e. The Hall–Kier alpha value is -2.08. The average Bonchev–Trinajstić information content (AvgIpc) is 2.66. The van der Waals surface area contributed by atoms with Gasteiger partial charge in [0.05, 0.1) is 0 Å². The standard InChI is InChI=1S/C16H24.C7H8.C2H6/c1-6-10-12-15(9-4)13-16(11-7-2)14(5)8-3;1-7-5-3-2-4-6-7;1-2/h7-9,11,13H,2,4,6,10,12H2,1,3,5H3;2-6H,1H3;1-2H3/b14-8-,15-13-,16-11-;;. The molecule has 0 spiro atoms. The zero-order valence-electron chi connectivity index (χ0n) is 17.3. The summed E-state index contributed by atoms with van der Waals surface area (Å²) in [6.45, 7) is 20.1. The van der Waals surface area contributed by atoms with Gasteiger partial charge in [0.25, 0.3) is 0 Å². The number of unbranched alkanes of at least 4 members (excludes halogenated alkanes) is 1. The van der Waals surface area contributed by atoms with Gasteiger partial charge in [0, 0.05) is 0 Å². The first kappa shape index (κ1) is 25.2. The van der Waals surface area contributed by atoms with Crippen molar-refractivity contribution >= 4 is 0 Å². The molecular formula is C25H38. The average molecular weight is 339 g/mol. The van der Waals surface area contributed by atoms with E-state index in [0.29, 0.717) is 0 Å². The van der Waals surface area contributed by atoms with Crippen molar-refractivity contribution < 1.29 is 0 Å². The third-order valence-electron chi connectivity index (χ3n) is 3.55. The maximum atomic E-state index is 3.87. The molecule has 1 aromatic rings. The Kier molecular flexibility index (Phi) is 18.4. The minimum absolute atomic E-state index is 1.10. The Balaban J connectivity index is 0. The van der Waals surface area contributed by atoms with Crippen molar-refractivity contribution in [3.8, 4) is 0 Å². The summed E-state index contributed by atoms with van der Waals surface area (Å²) in [7, 11) is 0. The molecule has 0 aliphatic carbocycles. The topological polar surface area (TPSA) is 0 Å². The summed E-state index contributed by atoms with van der Waals surface area (Å²) in [6, 6.07) is 10.3. The van der Waals surface area contributed by atoms with Crippen molar-refractivity contribution in [1.82, 2.24) is 0 Å². The summed E-state index contributed by atoms with van der Waals surface area (Å²) in [5, 5.41) is 0. The van der Waals surface area contributed by atoms with Crippen molar-refractivity contribution in [3.63, 3.8) is 0 Å². The van der Waals surface area contributed by atoms with E-state index in [0.717, 1.165) is 6.42 Å². The van der Waals surface area contributed by atoms with Crippen LogP contribution in [0.2, 0.25) is 0 Å². The van der Waals surface area contributed by atoms with Crippen molar-refractivity contribution in [2.45, 2.75) is 60.8 Å². The second-order valence-corrected chi connectivity index (χ2v) is 5.51. The molecule has 0 saturated carbocycles. The fourth-order valence-electron chi connectivity index (χ4n) is 1.94. The Bertz CT molecular complexity index is 539. The van der Waals surface area contributed by atoms with Gasteiger partial charge in [-0.15, -0.1) is 0 Å². The highest BCUT2D eigenvalue weighted by Gasteiger charge is 1.97. The van der Waals surface area contributed by atoms with Crippen LogP contribution in [-0.4, -0.2) is 0 Å². The zero-order chi connectivity index (χ0) is 19.5. The van der Waals surface area contributed by atoms with E-state index in [1.54, 1.807) is 0 Å². The van der Waals surface area contributed by atoms with Gasteiger partial charge in [-0.25, -0.2) is 0 Å². The Morgan fingerprint density at radius 3 is 2.04 bits per heavy atom. The predicted molar refractivity (Wildman–Crippen MR) is 118 cm³/mol. The molecule has 0 aliphatic heterocycles. The Labute approximate surface area is 157 Å². The highest BCUT2D eigenvalue weighted by Crippen LogP contribution is 2.17. The highest BCUT2D eigenvalue weighted by molar-refractivity contribution is 5.43. The smallest absolute Gasteiger partial charge is 0.0228 e. The molecule has 0 bridgehead atoms. The van der Waals surface area contributed by atoms with Gasteiger partial charge in [0.1, 0.15) is 0 Å². The maximum absolute atomic E-state index is 3.87. The van der Waals surface area contributed by atoms with Gasteiger partial charge < -0.3 is 0 Å². The number of hydrogen-bond donors (Lipinski definition) is 0. The van der Waals surface area contributed by atoms with Crippen molar-refractivity contribution in [3.05, 3.63) is 96.2 Å². The largest absolute Gasteiger partial charge is 0.0990 e. The molecule has 0 heterocycles. The van der Waals surface area contributed by atoms with E-state index in [2.05, 4.69) is 65.1 Å². The lowest BCUT2D eigenvalue weighted by Crippen LogP contribution is -1.85. The molecule has 0 unspecified atom stereocenters. The molecule has 0 saturated heterocycles. The SMILES string of the molecule is C=C/C=C(/C=C(/C=C)CCCC)C(\C)=C/C.CC.Cc1ccccc1.